The van der Waals surface area contributed by atoms with E-state index in [1.807, 2.05) is 4.90 Å². The second-order valence-electron chi connectivity index (χ2n) is 6.60. The highest BCUT2D eigenvalue weighted by Crippen LogP contribution is 2.22. The summed E-state index contributed by atoms with van der Waals surface area (Å²) < 4.78 is 0. The number of rotatable bonds is 5. The molecular weight excluding hydrogens is 401 g/mol. The Morgan fingerprint density at radius 1 is 1.39 bits per heavy atom. The molecule has 150 valence electrons. The van der Waals surface area contributed by atoms with E-state index in [1.165, 1.54) is 0 Å². The summed E-state index contributed by atoms with van der Waals surface area (Å²) in [6.07, 6.45) is 3.48. The number of aliphatic imine (C=N–C) groups is 1. The number of piperidine rings is 1. The molecule has 0 radical (unpaired) electrons. The first-order valence-corrected chi connectivity index (χ1v) is 9.72. The number of aromatic amines is 1. The topological polar surface area (TPSA) is 111 Å². The molecule has 1 fully saturated rings. The highest BCUT2D eigenvalue weighted by molar-refractivity contribution is 6.35. The molecule has 0 spiro atoms. The summed E-state index contributed by atoms with van der Waals surface area (Å²) in [5, 5.41) is 14.1. The number of amidine groups is 1. The minimum absolute atomic E-state index is 0.0143. The van der Waals surface area contributed by atoms with Gasteiger partial charge in [0.25, 0.3) is 0 Å². The van der Waals surface area contributed by atoms with Gasteiger partial charge in [0.05, 0.1) is 18.3 Å². The van der Waals surface area contributed by atoms with Crippen LogP contribution in [-0.2, 0) is 4.79 Å². The van der Waals surface area contributed by atoms with Crippen LogP contribution in [0.25, 0.3) is 0 Å². The number of likely N-dealkylation sites (tertiary alicyclic amines) is 1. The number of H-pyrrole nitrogens is 1. The maximum atomic E-state index is 12.6. The van der Waals surface area contributed by atoms with Crippen molar-refractivity contribution in [2.45, 2.75) is 18.9 Å². The number of amides is 1. The van der Waals surface area contributed by atoms with Gasteiger partial charge in [-0.3, -0.25) is 14.9 Å². The maximum Gasteiger partial charge on any atom is 0.241 e. The smallest absolute Gasteiger partial charge is 0.241 e. The van der Waals surface area contributed by atoms with Crippen molar-refractivity contribution in [2.75, 3.05) is 37.7 Å². The van der Waals surface area contributed by atoms with Gasteiger partial charge in [0.2, 0.25) is 5.91 Å². The number of hydrogen-bond donors (Lipinski definition) is 4. The van der Waals surface area contributed by atoms with Crippen LogP contribution < -0.4 is 16.4 Å². The molecule has 10 heteroatoms. The number of nitrogens with zero attached hydrogens (tertiary/aromatic N) is 3. The molecule has 0 saturated carbocycles. The van der Waals surface area contributed by atoms with Crippen molar-refractivity contribution in [1.29, 1.82) is 0 Å². The molecule has 1 amide bonds. The third kappa shape index (κ3) is 5.08. The Bertz CT molecular complexity index is 847. The summed E-state index contributed by atoms with van der Waals surface area (Å²) in [4.78, 5) is 18.7. The Kier molecular flexibility index (Phi) is 6.64. The van der Waals surface area contributed by atoms with Crippen molar-refractivity contribution >= 4 is 46.4 Å². The second kappa shape index (κ2) is 9.16. The molecule has 1 aromatic heterocycles. The molecule has 0 bridgehead atoms. The number of carbonyl (C=O) groups is 1. The van der Waals surface area contributed by atoms with Gasteiger partial charge in [0, 0.05) is 41.9 Å². The Morgan fingerprint density at radius 2 is 2.14 bits per heavy atom. The second-order valence-corrected chi connectivity index (χ2v) is 7.48. The molecule has 0 aliphatic carbocycles. The molecule has 2 aromatic rings. The van der Waals surface area contributed by atoms with Crippen molar-refractivity contribution in [1.82, 2.24) is 20.4 Å². The molecule has 3 rings (SSSR count). The summed E-state index contributed by atoms with van der Waals surface area (Å²) in [6.45, 7) is 1.49. The summed E-state index contributed by atoms with van der Waals surface area (Å²) in [6, 6.07) is 5.21. The van der Waals surface area contributed by atoms with Crippen molar-refractivity contribution in [2.24, 2.45) is 4.99 Å². The van der Waals surface area contributed by atoms with Gasteiger partial charge in [-0.15, -0.1) is 0 Å². The van der Waals surface area contributed by atoms with Crippen molar-refractivity contribution in [3.05, 3.63) is 40.0 Å². The monoisotopic (exact) mass is 423 g/mol. The van der Waals surface area contributed by atoms with Gasteiger partial charge in [-0.25, -0.2) is 0 Å². The van der Waals surface area contributed by atoms with Gasteiger partial charge in [-0.05, 0) is 31.0 Å². The fourth-order valence-electron chi connectivity index (χ4n) is 3.21. The van der Waals surface area contributed by atoms with Crippen LogP contribution >= 0.6 is 23.2 Å². The first kappa shape index (κ1) is 20.3. The van der Waals surface area contributed by atoms with E-state index in [2.05, 4.69) is 25.8 Å². The molecule has 1 atom stereocenters. The average Bonchev–Trinajstić information content (AvgIpc) is 3.09. The fraction of sp³-hybridized carbons (Fsp3) is 0.389. The number of benzene rings is 1. The number of nitrogens with two attached hydrogens (primary N) is 1. The number of halogens is 2. The lowest BCUT2D eigenvalue weighted by atomic mass is 10.0. The van der Waals surface area contributed by atoms with Gasteiger partial charge in [-0.2, -0.15) is 5.10 Å². The van der Waals surface area contributed by atoms with E-state index in [-0.39, 0.29) is 18.5 Å². The Balaban J connectivity index is 1.56. The van der Waals surface area contributed by atoms with Gasteiger partial charge in [0.1, 0.15) is 11.7 Å². The number of carbonyl (C=O) groups excluding carboxylic acids is 1. The normalized spacial score (nSPS) is 17.5. The SMILES string of the molecule is CN=C(N[C@H]1CCCN(C(=O)CNc2cc(Cl)cc(Cl)c2)C1)c1cn[nH]c1N. The number of anilines is 2. The van der Waals surface area contributed by atoms with Crippen molar-refractivity contribution in [3.8, 4) is 0 Å². The van der Waals surface area contributed by atoms with E-state index in [1.54, 1.807) is 31.4 Å². The van der Waals surface area contributed by atoms with Crippen LogP contribution in [0.4, 0.5) is 11.5 Å². The minimum Gasteiger partial charge on any atom is -0.383 e. The van der Waals surface area contributed by atoms with Crippen LogP contribution in [-0.4, -0.2) is 59.6 Å². The number of nitrogen functional groups attached to an aromatic ring is 1. The standard InChI is InChI=1S/C18H23Cl2N7O/c1-22-18(15-8-24-26-17(15)21)25-13-3-2-4-27(10-13)16(28)9-23-14-6-11(19)5-12(20)7-14/h5-8,13,23H,2-4,9-10H2,1H3,(H,22,25)(H3,21,24,26)/t13-/m0/s1. The van der Waals surface area contributed by atoms with Crippen LogP contribution in [0, 0.1) is 0 Å². The lowest BCUT2D eigenvalue weighted by Crippen LogP contribution is -2.51. The molecule has 8 nitrogen and oxygen atoms in total. The van der Waals surface area contributed by atoms with E-state index in [9.17, 15) is 4.79 Å². The van der Waals surface area contributed by atoms with Gasteiger partial charge >= 0.3 is 0 Å². The predicted octanol–water partition coefficient (Wildman–Crippen LogP) is 2.37. The summed E-state index contributed by atoms with van der Waals surface area (Å²) in [7, 11) is 1.70. The van der Waals surface area contributed by atoms with E-state index in [0.717, 1.165) is 24.9 Å². The zero-order valence-electron chi connectivity index (χ0n) is 15.5. The Labute approximate surface area is 173 Å². The molecule has 28 heavy (non-hydrogen) atoms. The molecular formula is C18H23Cl2N7O. The molecule has 5 N–H and O–H groups in total. The Hall–Kier alpha value is -2.45. The largest absolute Gasteiger partial charge is 0.383 e. The summed E-state index contributed by atoms with van der Waals surface area (Å²) >= 11 is 12.0. The van der Waals surface area contributed by atoms with Crippen LogP contribution in [0.2, 0.25) is 10.0 Å². The molecule has 1 aliphatic rings. The van der Waals surface area contributed by atoms with Crippen LogP contribution in [0.5, 0.6) is 0 Å². The van der Waals surface area contributed by atoms with E-state index in [4.69, 9.17) is 28.9 Å². The quantitative estimate of drug-likeness (QED) is 0.435. The van der Waals surface area contributed by atoms with Gasteiger partial charge in [-0.1, -0.05) is 23.2 Å². The number of aromatic nitrogens is 2. The zero-order valence-corrected chi connectivity index (χ0v) is 17.0. The first-order chi connectivity index (χ1) is 13.5. The predicted molar refractivity (Wildman–Crippen MR) is 113 cm³/mol. The van der Waals surface area contributed by atoms with Gasteiger partial charge < -0.3 is 21.3 Å². The molecule has 1 aliphatic heterocycles. The van der Waals surface area contributed by atoms with E-state index >= 15 is 0 Å². The summed E-state index contributed by atoms with van der Waals surface area (Å²) in [5.41, 5.74) is 7.33. The Morgan fingerprint density at radius 3 is 2.79 bits per heavy atom. The molecule has 0 unspecified atom stereocenters. The number of hydrogen-bond acceptors (Lipinski definition) is 5. The van der Waals surface area contributed by atoms with Crippen LogP contribution in [0.1, 0.15) is 18.4 Å². The summed E-state index contributed by atoms with van der Waals surface area (Å²) in [5.74, 6) is 1.14. The highest BCUT2D eigenvalue weighted by Gasteiger charge is 2.25. The van der Waals surface area contributed by atoms with Crippen molar-refractivity contribution in [3.63, 3.8) is 0 Å². The lowest BCUT2D eigenvalue weighted by molar-refractivity contribution is -0.130. The lowest BCUT2D eigenvalue weighted by Gasteiger charge is -2.34. The zero-order chi connectivity index (χ0) is 20.1. The van der Waals surface area contributed by atoms with E-state index in [0.29, 0.717) is 33.9 Å². The number of nitrogens with one attached hydrogen (secondary N) is 3. The third-order valence-electron chi connectivity index (χ3n) is 4.57. The molecule has 1 saturated heterocycles. The van der Waals surface area contributed by atoms with Crippen LogP contribution in [0.15, 0.2) is 29.4 Å². The average molecular weight is 424 g/mol. The first-order valence-electron chi connectivity index (χ1n) is 8.96. The van der Waals surface area contributed by atoms with Gasteiger partial charge in [0.15, 0.2) is 0 Å². The third-order valence-corrected chi connectivity index (χ3v) is 5.01. The van der Waals surface area contributed by atoms with Crippen LogP contribution in [0.3, 0.4) is 0 Å². The van der Waals surface area contributed by atoms with E-state index < -0.39 is 0 Å². The van der Waals surface area contributed by atoms with Crippen molar-refractivity contribution < 1.29 is 4.79 Å². The minimum atomic E-state index is 0.0143. The molecule has 1 aromatic carbocycles. The maximum absolute atomic E-state index is 12.6. The fourth-order valence-corrected chi connectivity index (χ4v) is 3.73. The molecule has 2 heterocycles. The highest BCUT2D eigenvalue weighted by atomic mass is 35.5.